The molecule has 10 nitrogen and oxygen atoms in total. The summed E-state index contributed by atoms with van der Waals surface area (Å²) in [4.78, 5) is 10.00. The number of aliphatic hydroxyl groups is 1. The number of hydrogen-bond acceptors (Lipinski definition) is 7. The number of hydrogen-bond donors (Lipinski definition) is 2. The predicted molar refractivity (Wildman–Crippen MR) is 72.5 cm³/mol. The molecule has 2 heterocycles. The van der Waals surface area contributed by atoms with Gasteiger partial charge in [0.15, 0.2) is 0 Å². The molecule has 0 fully saturated rings. The summed E-state index contributed by atoms with van der Waals surface area (Å²) in [5, 5.41) is 35.0. The normalized spacial score (nSPS) is 12.5. The smallest absolute Gasteiger partial charge is 0.306 e. The first kappa shape index (κ1) is 15.1. The van der Waals surface area contributed by atoms with Crippen LogP contribution in [0, 0.1) is 10.1 Å². The summed E-state index contributed by atoms with van der Waals surface area (Å²) >= 11 is 0. The van der Waals surface area contributed by atoms with Crippen LogP contribution in [-0.4, -0.2) is 53.8 Å². The number of rotatable bonds is 8. The zero-order valence-electron chi connectivity index (χ0n) is 11.6. The molecule has 1 atom stereocenters. The van der Waals surface area contributed by atoms with E-state index in [1.165, 1.54) is 10.9 Å². The summed E-state index contributed by atoms with van der Waals surface area (Å²) < 4.78 is 3.19. The van der Waals surface area contributed by atoms with Gasteiger partial charge in [0.2, 0.25) is 0 Å². The first-order valence-corrected chi connectivity index (χ1v) is 6.44. The minimum absolute atomic E-state index is 0.0857. The van der Waals surface area contributed by atoms with Gasteiger partial charge in [-0.1, -0.05) is 0 Å². The van der Waals surface area contributed by atoms with Crippen molar-refractivity contribution in [2.75, 3.05) is 13.1 Å². The highest BCUT2D eigenvalue weighted by atomic mass is 16.6. The van der Waals surface area contributed by atoms with Crippen LogP contribution in [0.25, 0.3) is 0 Å². The zero-order valence-corrected chi connectivity index (χ0v) is 11.6. The number of aliphatic hydroxyl groups excluding tert-OH is 1. The molecule has 2 rings (SSSR count). The van der Waals surface area contributed by atoms with Gasteiger partial charge in [-0.15, -0.1) is 10.2 Å². The lowest BCUT2D eigenvalue weighted by Gasteiger charge is -2.11. The van der Waals surface area contributed by atoms with Gasteiger partial charge in [0.05, 0.1) is 17.6 Å². The van der Waals surface area contributed by atoms with Gasteiger partial charge in [-0.2, -0.15) is 5.10 Å². The first-order chi connectivity index (χ1) is 10.1. The summed E-state index contributed by atoms with van der Waals surface area (Å²) in [5.41, 5.74) is -0.0857. The van der Waals surface area contributed by atoms with Crippen molar-refractivity contribution in [3.63, 3.8) is 0 Å². The fraction of sp³-hybridized carbons (Fsp3) is 0.545. The second kappa shape index (κ2) is 6.90. The van der Waals surface area contributed by atoms with Gasteiger partial charge < -0.3 is 15.0 Å². The highest BCUT2D eigenvalue weighted by molar-refractivity contribution is 5.20. The van der Waals surface area contributed by atoms with Crippen LogP contribution in [0.5, 0.6) is 0 Å². The van der Waals surface area contributed by atoms with Crippen LogP contribution in [-0.2, 0) is 20.0 Å². The minimum Gasteiger partial charge on any atom is -0.390 e. The van der Waals surface area contributed by atoms with Crippen molar-refractivity contribution >= 4 is 5.69 Å². The van der Waals surface area contributed by atoms with E-state index < -0.39 is 11.0 Å². The fourth-order valence-electron chi connectivity index (χ4n) is 1.83. The monoisotopic (exact) mass is 295 g/mol. The largest absolute Gasteiger partial charge is 0.390 e. The molecule has 0 aliphatic heterocycles. The van der Waals surface area contributed by atoms with Crippen molar-refractivity contribution in [3.05, 3.63) is 34.7 Å². The Bertz CT molecular complexity index is 594. The molecule has 0 saturated carbocycles. The molecule has 0 aliphatic carbocycles. The van der Waals surface area contributed by atoms with E-state index in [0.717, 1.165) is 12.0 Å². The maximum Gasteiger partial charge on any atom is 0.306 e. The average molecular weight is 295 g/mol. The first-order valence-electron chi connectivity index (χ1n) is 6.44. The lowest BCUT2D eigenvalue weighted by atomic mass is 10.3. The quantitative estimate of drug-likeness (QED) is 0.368. The molecular weight excluding hydrogens is 278 g/mol. The molecule has 0 saturated heterocycles. The number of aryl methyl sites for hydroxylation is 1. The molecule has 2 aromatic rings. The topological polar surface area (TPSA) is 124 Å². The number of nitro groups is 1. The maximum atomic E-state index is 10.5. The molecule has 2 N–H and O–H groups in total. The van der Waals surface area contributed by atoms with Gasteiger partial charge in [0.1, 0.15) is 24.5 Å². The highest BCUT2D eigenvalue weighted by Gasteiger charge is 2.11. The van der Waals surface area contributed by atoms with E-state index in [1.807, 2.05) is 11.6 Å². The molecule has 1 unspecified atom stereocenters. The molecule has 10 heteroatoms. The van der Waals surface area contributed by atoms with Gasteiger partial charge in [0.25, 0.3) is 0 Å². The van der Waals surface area contributed by atoms with Crippen LogP contribution < -0.4 is 5.32 Å². The van der Waals surface area contributed by atoms with Crippen LogP contribution in [0.1, 0.15) is 5.82 Å². The van der Waals surface area contributed by atoms with E-state index in [-0.39, 0.29) is 12.2 Å². The zero-order chi connectivity index (χ0) is 15.2. The Morgan fingerprint density at radius 2 is 2.38 bits per heavy atom. The van der Waals surface area contributed by atoms with Crippen LogP contribution >= 0.6 is 0 Å². The van der Waals surface area contributed by atoms with Gasteiger partial charge in [-0.25, -0.2) is 0 Å². The molecule has 114 valence electrons. The summed E-state index contributed by atoms with van der Waals surface area (Å²) in [6.07, 6.45) is 4.12. The molecule has 21 heavy (non-hydrogen) atoms. The molecule has 0 amide bonds. The van der Waals surface area contributed by atoms with Crippen molar-refractivity contribution in [3.8, 4) is 0 Å². The molecular formula is C11H17N7O3. The van der Waals surface area contributed by atoms with Crippen LogP contribution in [0.15, 0.2) is 18.7 Å². The van der Waals surface area contributed by atoms with Gasteiger partial charge in [-0.3, -0.25) is 14.8 Å². The second-order valence-electron chi connectivity index (χ2n) is 4.64. The molecule has 2 aromatic heterocycles. The summed E-state index contributed by atoms with van der Waals surface area (Å²) in [5.74, 6) is 0.861. The third-order valence-corrected chi connectivity index (χ3v) is 2.94. The molecule has 0 bridgehead atoms. The van der Waals surface area contributed by atoms with E-state index in [4.69, 9.17) is 0 Å². The van der Waals surface area contributed by atoms with Gasteiger partial charge in [0, 0.05) is 26.6 Å². The van der Waals surface area contributed by atoms with Gasteiger partial charge >= 0.3 is 5.69 Å². The van der Waals surface area contributed by atoms with Crippen LogP contribution in [0.2, 0.25) is 0 Å². The number of nitrogens with zero attached hydrogens (tertiary/aromatic N) is 6. The summed E-state index contributed by atoms with van der Waals surface area (Å²) in [6.45, 7) is 1.22. The average Bonchev–Trinajstić information content (AvgIpc) is 3.04. The van der Waals surface area contributed by atoms with E-state index in [0.29, 0.717) is 19.5 Å². The highest BCUT2D eigenvalue weighted by Crippen LogP contribution is 2.07. The number of nitrogens with one attached hydrogen (secondary N) is 1. The lowest BCUT2D eigenvalue weighted by Crippen LogP contribution is -2.32. The van der Waals surface area contributed by atoms with E-state index in [1.54, 1.807) is 6.33 Å². The Labute approximate surface area is 120 Å². The summed E-state index contributed by atoms with van der Waals surface area (Å²) in [7, 11) is 1.87. The molecule has 0 radical (unpaired) electrons. The molecule has 0 aliphatic rings. The Morgan fingerprint density at radius 1 is 1.57 bits per heavy atom. The van der Waals surface area contributed by atoms with Crippen molar-refractivity contribution < 1.29 is 10.0 Å². The number of aromatic nitrogens is 5. The van der Waals surface area contributed by atoms with Crippen molar-refractivity contribution in [1.29, 1.82) is 0 Å². The van der Waals surface area contributed by atoms with Gasteiger partial charge in [-0.05, 0) is 0 Å². The standard InChI is InChI=1S/C11H17N7O3/c1-16-8-13-15-11(16)2-3-12-5-10(19)7-17-6-9(4-14-17)18(20)21/h4,6,8,10,12,19H,2-3,5,7H2,1H3. The minimum atomic E-state index is -0.677. The van der Waals surface area contributed by atoms with Crippen LogP contribution in [0.3, 0.4) is 0 Å². The van der Waals surface area contributed by atoms with E-state index in [9.17, 15) is 15.2 Å². The Kier molecular flexibility index (Phi) is 4.95. The maximum absolute atomic E-state index is 10.5. The van der Waals surface area contributed by atoms with Crippen molar-refractivity contribution in [2.45, 2.75) is 19.1 Å². The molecule has 0 aromatic carbocycles. The van der Waals surface area contributed by atoms with Crippen molar-refractivity contribution in [2.24, 2.45) is 7.05 Å². The Balaban J connectivity index is 1.68. The lowest BCUT2D eigenvalue weighted by molar-refractivity contribution is -0.385. The Morgan fingerprint density at radius 3 is 3.00 bits per heavy atom. The third-order valence-electron chi connectivity index (χ3n) is 2.94. The van der Waals surface area contributed by atoms with Crippen LogP contribution in [0.4, 0.5) is 5.69 Å². The van der Waals surface area contributed by atoms with E-state index in [2.05, 4.69) is 20.6 Å². The Hall–Kier alpha value is -2.33. The molecule has 0 spiro atoms. The fourth-order valence-corrected chi connectivity index (χ4v) is 1.83. The SMILES string of the molecule is Cn1cnnc1CCNCC(O)Cn1cc([N+](=O)[O-])cn1. The predicted octanol–water partition coefficient (Wildman–Crippen LogP) is -0.887. The summed E-state index contributed by atoms with van der Waals surface area (Å²) in [6, 6.07) is 0. The van der Waals surface area contributed by atoms with E-state index >= 15 is 0 Å². The third kappa shape index (κ3) is 4.33. The van der Waals surface area contributed by atoms with Crippen molar-refractivity contribution in [1.82, 2.24) is 29.9 Å². The second-order valence-corrected chi connectivity index (χ2v) is 4.64.